The molecule has 0 unspecified atom stereocenters. The van der Waals surface area contributed by atoms with Gasteiger partial charge in [-0.05, 0) is 50.5 Å². The van der Waals surface area contributed by atoms with Crippen LogP contribution < -0.4 is 10.7 Å². The molecule has 10 nitrogen and oxygen atoms in total. The number of thiazole rings is 1. The van der Waals surface area contributed by atoms with E-state index >= 15 is 0 Å². The number of hydrogen-bond acceptors (Lipinski definition) is 9. The molecule has 0 aliphatic heterocycles. The van der Waals surface area contributed by atoms with Crippen molar-refractivity contribution in [1.82, 2.24) is 20.7 Å². The smallest absolute Gasteiger partial charge is 0.422 e. The summed E-state index contributed by atoms with van der Waals surface area (Å²) in [6.45, 7) is 5.42. The second-order valence-electron chi connectivity index (χ2n) is 9.72. The van der Waals surface area contributed by atoms with Crippen molar-refractivity contribution in [3.8, 4) is 5.75 Å². The number of carbonyl (C=O) groups is 2. The van der Waals surface area contributed by atoms with Gasteiger partial charge >= 0.3 is 12.2 Å². The summed E-state index contributed by atoms with van der Waals surface area (Å²) in [4.78, 5) is 29.9. The Labute approximate surface area is 226 Å². The summed E-state index contributed by atoms with van der Waals surface area (Å²) in [6, 6.07) is 15.3. The van der Waals surface area contributed by atoms with Crippen LogP contribution in [0, 0.1) is 0 Å². The summed E-state index contributed by atoms with van der Waals surface area (Å²) in [6.07, 6.45) is -0.544. The number of ether oxygens (including phenoxy) is 2. The van der Waals surface area contributed by atoms with Gasteiger partial charge < -0.3 is 25.0 Å². The van der Waals surface area contributed by atoms with Gasteiger partial charge in [0.25, 0.3) is 0 Å². The standard InChI is InChI=1S/C27H34N4O6S/c1-27(2,3)37-26(35)30-31(15-20-10-7-11-21(32)12-20)16-24(33)23(13-19-8-5-4-6-9-19)29-25(34)36-17-22-14-28-18-38-22/h4-12,14,18,23-24,32-33H,13,15-17H2,1-3H3,(H,29,34)(H,30,35)/t23-,24-/m0/s1. The quantitative estimate of drug-likeness (QED) is 0.267. The fraction of sp³-hybridized carbons (Fsp3) is 0.370. The minimum absolute atomic E-state index is 0.0540. The highest BCUT2D eigenvalue weighted by Gasteiger charge is 2.27. The maximum atomic E-state index is 12.6. The van der Waals surface area contributed by atoms with E-state index in [-0.39, 0.29) is 25.4 Å². The number of aromatic nitrogens is 1. The predicted octanol–water partition coefficient (Wildman–Crippen LogP) is 3.99. The third kappa shape index (κ3) is 10.4. The first-order valence-electron chi connectivity index (χ1n) is 12.1. The zero-order valence-corrected chi connectivity index (χ0v) is 22.5. The maximum Gasteiger partial charge on any atom is 0.422 e. The van der Waals surface area contributed by atoms with E-state index in [1.54, 1.807) is 56.7 Å². The van der Waals surface area contributed by atoms with E-state index in [0.717, 1.165) is 10.4 Å². The number of aliphatic hydroxyl groups excluding tert-OH is 1. The Morgan fingerprint density at radius 1 is 1.08 bits per heavy atom. The number of rotatable bonds is 11. The number of phenols is 1. The number of aliphatic hydroxyl groups is 1. The Morgan fingerprint density at radius 3 is 2.47 bits per heavy atom. The summed E-state index contributed by atoms with van der Waals surface area (Å²) in [5.74, 6) is 0.0765. The number of alkyl carbamates (subject to hydrolysis) is 1. The lowest BCUT2D eigenvalue weighted by molar-refractivity contribution is 0.0141. The van der Waals surface area contributed by atoms with Gasteiger partial charge in [0.05, 0.1) is 22.5 Å². The third-order valence-electron chi connectivity index (χ3n) is 5.23. The molecule has 3 aromatic rings. The van der Waals surface area contributed by atoms with Gasteiger partial charge in [0.15, 0.2) is 0 Å². The van der Waals surface area contributed by atoms with Crippen LogP contribution in [0.3, 0.4) is 0 Å². The monoisotopic (exact) mass is 542 g/mol. The molecule has 3 rings (SSSR count). The van der Waals surface area contributed by atoms with Crippen LogP contribution in [0.5, 0.6) is 5.75 Å². The van der Waals surface area contributed by atoms with Crippen molar-refractivity contribution in [1.29, 1.82) is 0 Å². The molecule has 0 bridgehead atoms. The second kappa shape index (κ2) is 13.8. The van der Waals surface area contributed by atoms with E-state index in [1.165, 1.54) is 16.3 Å². The van der Waals surface area contributed by atoms with Gasteiger partial charge in [0, 0.05) is 19.3 Å². The van der Waals surface area contributed by atoms with Crippen molar-refractivity contribution < 1.29 is 29.3 Å². The summed E-state index contributed by atoms with van der Waals surface area (Å²) >= 11 is 1.37. The fourth-order valence-electron chi connectivity index (χ4n) is 3.60. The highest BCUT2D eigenvalue weighted by atomic mass is 32.1. The number of nitrogens with zero attached hydrogens (tertiary/aromatic N) is 2. The molecule has 0 fully saturated rings. The number of phenolic OH excluding ortho intramolecular Hbond substituents is 1. The number of hydrazine groups is 1. The van der Waals surface area contributed by atoms with Crippen LogP contribution in [0.15, 0.2) is 66.3 Å². The number of benzene rings is 2. The van der Waals surface area contributed by atoms with Gasteiger partial charge in [-0.25, -0.2) is 14.6 Å². The molecule has 4 N–H and O–H groups in total. The average molecular weight is 543 g/mol. The minimum atomic E-state index is -1.11. The van der Waals surface area contributed by atoms with Gasteiger partial charge in [0.2, 0.25) is 0 Å². The van der Waals surface area contributed by atoms with Crippen LogP contribution in [0.25, 0.3) is 0 Å². The Kier molecular flexibility index (Phi) is 10.5. The van der Waals surface area contributed by atoms with Gasteiger partial charge in [0.1, 0.15) is 18.0 Å². The molecule has 11 heteroatoms. The maximum absolute atomic E-state index is 12.6. The Balaban J connectivity index is 1.74. The van der Waals surface area contributed by atoms with Gasteiger partial charge in [-0.1, -0.05) is 42.5 Å². The van der Waals surface area contributed by atoms with Crippen LogP contribution in [-0.2, 0) is 29.0 Å². The molecule has 1 aromatic heterocycles. The molecule has 38 heavy (non-hydrogen) atoms. The highest BCUT2D eigenvalue weighted by Crippen LogP contribution is 2.15. The molecular formula is C27H34N4O6S. The van der Waals surface area contributed by atoms with Crippen molar-refractivity contribution in [2.45, 2.75) is 58.1 Å². The summed E-state index contributed by atoms with van der Waals surface area (Å²) in [5, 5.41) is 25.4. The van der Waals surface area contributed by atoms with Gasteiger partial charge in [-0.2, -0.15) is 0 Å². The van der Waals surface area contributed by atoms with Crippen LogP contribution in [0.1, 0.15) is 36.8 Å². The van der Waals surface area contributed by atoms with E-state index < -0.39 is 29.9 Å². The van der Waals surface area contributed by atoms with E-state index in [2.05, 4.69) is 15.7 Å². The average Bonchev–Trinajstić information content (AvgIpc) is 3.35. The lowest BCUT2D eigenvalue weighted by atomic mass is 10.0. The Hall–Kier alpha value is -3.67. The van der Waals surface area contributed by atoms with Gasteiger partial charge in [-0.3, -0.25) is 10.4 Å². The molecule has 0 spiro atoms. The van der Waals surface area contributed by atoms with Crippen LogP contribution in [0.4, 0.5) is 9.59 Å². The number of nitrogens with one attached hydrogen (secondary N) is 2. The van der Waals surface area contributed by atoms with Crippen LogP contribution in [0.2, 0.25) is 0 Å². The number of amides is 2. The lowest BCUT2D eigenvalue weighted by Crippen LogP contribution is -2.53. The molecule has 0 saturated carbocycles. The van der Waals surface area contributed by atoms with Gasteiger partial charge in [-0.15, -0.1) is 11.3 Å². The topological polar surface area (TPSA) is 133 Å². The molecule has 2 aromatic carbocycles. The highest BCUT2D eigenvalue weighted by molar-refractivity contribution is 7.09. The third-order valence-corrected chi connectivity index (χ3v) is 5.99. The predicted molar refractivity (Wildman–Crippen MR) is 143 cm³/mol. The van der Waals surface area contributed by atoms with Crippen molar-refractivity contribution in [3.05, 3.63) is 82.3 Å². The molecule has 1 heterocycles. The SMILES string of the molecule is CC(C)(C)OC(=O)NN(Cc1cccc(O)c1)C[C@H](O)[C@H](Cc1ccccc1)NC(=O)OCc1cncs1. The summed E-state index contributed by atoms with van der Waals surface area (Å²) in [5.41, 5.74) is 5.20. The van der Waals surface area contributed by atoms with Crippen molar-refractivity contribution in [3.63, 3.8) is 0 Å². The summed E-state index contributed by atoms with van der Waals surface area (Å²) < 4.78 is 10.7. The molecule has 0 aliphatic carbocycles. The largest absolute Gasteiger partial charge is 0.508 e. The first kappa shape index (κ1) is 28.9. The second-order valence-corrected chi connectivity index (χ2v) is 10.7. The lowest BCUT2D eigenvalue weighted by Gasteiger charge is -2.31. The molecule has 204 valence electrons. The van der Waals surface area contributed by atoms with E-state index in [4.69, 9.17) is 9.47 Å². The number of carbonyl (C=O) groups excluding carboxylic acids is 2. The number of aromatic hydroxyl groups is 1. The van der Waals surface area contributed by atoms with Crippen molar-refractivity contribution >= 4 is 23.5 Å². The molecule has 0 aliphatic rings. The van der Waals surface area contributed by atoms with Crippen LogP contribution >= 0.6 is 11.3 Å². The van der Waals surface area contributed by atoms with E-state index in [9.17, 15) is 19.8 Å². The molecule has 0 saturated heterocycles. The zero-order chi connectivity index (χ0) is 27.5. The van der Waals surface area contributed by atoms with Crippen molar-refractivity contribution in [2.75, 3.05) is 6.54 Å². The first-order chi connectivity index (χ1) is 18.1. The number of hydrogen-bond donors (Lipinski definition) is 4. The molecule has 0 radical (unpaired) electrons. The molecule has 2 amide bonds. The van der Waals surface area contributed by atoms with E-state index in [0.29, 0.717) is 12.0 Å². The van der Waals surface area contributed by atoms with Crippen molar-refractivity contribution in [2.24, 2.45) is 0 Å². The van der Waals surface area contributed by atoms with Crippen LogP contribution in [-0.4, -0.2) is 56.7 Å². The minimum Gasteiger partial charge on any atom is -0.508 e. The summed E-state index contributed by atoms with van der Waals surface area (Å²) in [7, 11) is 0. The Morgan fingerprint density at radius 2 is 1.82 bits per heavy atom. The first-order valence-corrected chi connectivity index (χ1v) is 13.0. The zero-order valence-electron chi connectivity index (χ0n) is 21.7. The fourth-order valence-corrected chi connectivity index (χ4v) is 4.11. The normalized spacial score (nSPS) is 13.0. The van der Waals surface area contributed by atoms with E-state index in [1.807, 2.05) is 30.3 Å². The molecule has 2 atom stereocenters. The Bertz CT molecular complexity index is 1150. The molecular weight excluding hydrogens is 508 g/mol.